The van der Waals surface area contributed by atoms with Gasteiger partial charge in [-0.25, -0.2) is 4.79 Å². The number of benzene rings is 1. The molecule has 2 N–H and O–H groups in total. The average Bonchev–Trinajstić information content (AvgIpc) is 2.90. The van der Waals surface area contributed by atoms with Gasteiger partial charge in [0, 0.05) is 18.0 Å². The highest BCUT2D eigenvalue weighted by molar-refractivity contribution is 6.04. The van der Waals surface area contributed by atoms with E-state index in [1.165, 1.54) is 12.3 Å². The van der Waals surface area contributed by atoms with Crippen molar-refractivity contribution < 1.29 is 14.3 Å². The van der Waals surface area contributed by atoms with E-state index in [2.05, 4.69) is 10.3 Å². The number of imide groups is 1. The number of aromatic nitrogens is 1. The molecule has 1 atom stereocenters. The number of nitrogens with one attached hydrogen (secondary N) is 2. The Bertz CT molecular complexity index is 832. The number of H-pyrrole nitrogens is 1. The number of hydrogen-bond acceptors (Lipinski definition) is 4. The molecule has 130 valence electrons. The molecule has 25 heavy (non-hydrogen) atoms. The van der Waals surface area contributed by atoms with Crippen molar-refractivity contribution in [1.82, 2.24) is 15.2 Å². The predicted octanol–water partition coefficient (Wildman–Crippen LogP) is 1.96. The van der Waals surface area contributed by atoms with Gasteiger partial charge in [-0.3, -0.25) is 14.5 Å². The van der Waals surface area contributed by atoms with Crippen molar-refractivity contribution in [3.8, 4) is 5.75 Å². The van der Waals surface area contributed by atoms with Gasteiger partial charge in [-0.05, 0) is 12.0 Å². The van der Waals surface area contributed by atoms with Crippen LogP contribution in [0.5, 0.6) is 5.75 Å². The zero-order valence-electron chi connectivity index (χ0n) is 13.8. The Hall–Kier alpha value is -3.09. The van der Waals surface area contributed by atoms with Crippen LogP contribution in [0, 0.1) is 0 Å². The Labute approximate surface area is 144 Å². The largest absolute Gasteiger partial charge is 0.488 e. The maximum atomic E-state index is 12.5. The molecule has 3 rings (SSSR count). The second-order valence-electron chi connectivity index (χ2n) is 5.75. The average molecular weight is 341 g/mol. The number of carbonyl (C=O) groups excluding carboxylic acids is 2. The van der Waals surface area contributed by atoms with Crippen molar-refractivity contribution in [2.45, 2.75) is 25.9 Å². The highest BCUT2D eigenvalue weighted by Crippen LogP contribution is 2.22. The molecule has 2 heterocycles. The van der Waals surface area contributed by atoms with Crippen molar-refractivity contribution in [2.24, 2.45) is 0 Å². The third-order valence-electron chi connectivity index (χ3n) is 3.89. The van der Waals surface area contributed by atoms with Crippen LogP contribution in [-0.2, 0) is 11.3 Å². The molecule has 1 aromatic carbocycles. The van der Waals surface area contributed by atoms with Crippen molar-refractivity contribution in [3.63, 3.8) is 0 Å². The first-order valence-corrected chi connectivity index (χ1v) is 8.11. The second-order valence-corrected chi connectivity index (χ2v) is 5.75. The van der Waals surface area contributed by atoms with E-state index < -0.39 is 12.1 Å². The Morgan fingerprint density at radius 3 is 2.60 bits per heavy atom. The molecule has 0 radical (unpaired) electrons. The Balaban J connectivity index is 1.75. The number of carbonyl (C=O) groups is 2. The van der Waals surface area contributed by atoms with Gasteiger partial charge < -0.3 is 15.0 Å². The summed E-state index contributed by atoms with van der Waals surface area (Å²) in [6.07, 6.45) is 2.25. The lowest BCUT2D eigenvalue weighted by Gasteiger charge is -2.13. The molecule has 7 heteroatoms. The highest BCUT2D eigenvalue weighted by atomic mass is 16.5. The van der Waals surface area contributed by atoms with E-state index in [9.17, 15) is 14.4 Å². The van der Waals surface area contributed by atoms with Gasteiger partial charge in [-0.15, -0.1) is 0 Å². The predicted molar refractivity (Wildman–Crippen MR) is 91.1 cm³/mol. The second kappa shape index (κ2) is 7.21. The van der Waals surface area contributed by atoms with Crippen molar-refractivity contribution >= 4 is 11.9 Å². The van der Waals surface area contributed by atoms with Gasteiger partial charge in [0.05, 0.1) is 13.2 Å². The molecule has 1 aromatic heterocycles. The minimum absolute atomic E-state index is 0.00268. The number of ether oxygens (including phenoxy) is 1. The number of aromatic amines is 1. The molecule has 1 aliphatic heterocycles. The third kappa shape index (κ3) is 3.55. The summed E-state index contributed by atoms with van der Waals surface area (Å²) in [4.78, 5) is 40.7. The fourth-order valence-electron chi connectivity index (χ4n) is 2.63. The number of amides is 3. The lowest BCUT2D eigenvalue weighted by Crippen LogP contribution is -2.31. The molecule has 1 unspecified atom stereocenters. The standard InChI is InChI=1S/C18H19N3O4/c1-2-8-25-15-10-19-13(9-14(15)22)11-21-17(23)16(20-18(21)24)12-6-4-3-5-7-12/h3-7,9-10,16H,2,8,11H2,1H3,(H,19,22)(H,20,24). The number of urea groups is 1. The summed E-state index contributed by atoms with van der Waals surface area (Å²) in [5.74, 6) is -0.117. The molecule has 0 aliphatic carbocycles. The lowest BCUT2D eigenvalue weighted by atomic mass is 10.1. The monoisotopic (exact) mass is 341 g/mol. The van der Waals surface area contributed by atoms with Crippen LogP contribution in [0.25, 0.3) is 0 Å². The normalized spacial score (nSPS) is 16.8. The van der Waals surface area contributed by atoms with Gasteiger partial charge in [0.1, 0.15) is 6.04 Å². The molecule has 7 nitrogen and oxygen atoms in total. The van der Waals surface area contributed by atoms with Gasteiger partial charge in [-0.2, -0.15) is 0 Å². The molecule has 3 amide bonds. The topological polar surface area (TPSA) is 91.5 Å². The first-order valence-electron chi connectivity index (χ1n) is 8.11. The van der Waals surface area contributed by atoms with E-state index in [1.807, 2.05) is 25.1 Å². The maximum Gasteiger partial charge on any atom is 0.325 e. The minimum Gasteiger partial charge on any atom is -0.488 e. The van der Waals surface area contributed by atoms with Gasteiger partial charge in [0.25, 0.3) is 5.91 Å². The molecule has 1 aliphatic rings. The van der Waals surface area contributed by atoms with Crippen molar-refractivity contribution in [3.05, 3.63) is 64.1 Å². The van der Waals surface area contributed by atoms with Crippen LogP contribution in [0.2, 0.25) is 0 Å². The minimum atomic E-state index is -0.701. The summed E-state index contributed by atoms with van der Waals surface area (Å²) in [5.41, 5.74) is 0.903. The molecular weight excluding hydrogens is 322 g/mol. The van der Waals surface area contributed by atoms with E-state index >= 15 is 0 Å². The third-order valence-corrected chi connectivity index (χ3v) is 3.89. The summed E-state index contributed by atoms with van der Waals surface area (Å²) < 4.78 is 5.32. The summed E-state index contributed by atoms with van der Waals surface area (Å²) in [5, 5.41) is 2.66. The van der Waals surface area contributed by atoms with E-state index in [4.69, 9.17) is 4.74 Å². The summed E-state index contributed by atoms with van der Waals surface area (Å²) in [7, 11) is 0. The molecule has 0 spiro atoms. The van der Waals surface area contributed by atoms with Crippen LogP contribution in [0.15, 0.2) is 47.4 Å². The van der Waals surface area contributed by atoms with E-state index in [-0.39, 0.29) is 23.6 Å². The summed E-state index contributed by atoms with van der Waals surface area (Å²) in [6, 6.07) is 9.20. The van der Waals surface area contributed by atoms with Gasteiger partial charge in [0.2, 0.25) is 5.43 Å². The lowest BCUT2D eigenvalue weighted by molar-refractivity contribution is -0.128. The summed E-state index contributed by atoms with van der Waals surface area (Å²) in [6.45, 7) is 2.40. The zero-order valence-corrected chi connectivity index (χ0v) is 13.8. The molecule has 2 aromatic rings. The van der Waals surface area contributed by atoms with Crippen LogP contribution < -0.4 is 15.5 Å². The molecule has 1 fully saturated rings. The fourth-order valence-corrected chi connectivity index (χ4v) is 2.63. The van der Waals surface area contributed by atoms with E-state index in [0.29, 0.717) is 12.3 Å². The van der Waals surface area contributed by atoms with Crippen molar-refractivity contribution in [2.75, 3.05) is 6.61 Å². The number of hydrogen-bond donors (Lipinski definition) is 2. The fraction of sp³-hybridized carbons (Fsp3) is 0.278. The van der Waals surface area contributed by atoms with Crippen LogP contribution >= 0.6 is 0 Å². The first kappa shape index (κ1) is 16.8. The number of rotatable bonds is 6. The van der Waals surface area contributed by atoms with Crippen LogP contribution in [0.4, 0.5) is 4.79 Å². The van der Waals surface area contributed by atoms with Crippen molar-refractivity contribution in [1.29, 1.82) is 0 Å². The molecular formula is C18H19N3O4. The Morgan fingerprint density at radius 2 is 1.92 bits per heavy atom. The molecule has 0 saturated carbocycles. The Morgan fingerprint density at radius 1 is 1.16 bits per heavy atom. The van der Waals surface area contributed by atoms with Crippen LogP contribution in [-0.4, -0.2) is 28.4 Å². The molecule has 0 bridgehead atoms. The smallest absolute Gasteiger partial charge is 0.325 e. The quantitative estimate of drug-likeness (QED) is 0.786. The van der Waals surface area contributed by atoms with Gasteiger partial charge in [0.15, 0.2) is 5.75 Å². The number of nitrogens with zero attached hydrogens (tertiary/aromatic N) is 1. The maximum absolute atomic E-state index is 12.5. The first-order chi connectivity index (χ1) is 12.1. The van der Waals surface area contributed by atoms with Gasteiger partial charge in [-0.1, -0.05) is 37.3 Å². The SMILES string of the molecule is CCCOc1c[nH]c(CN2C(=O)NC(c3ccccc3)C2=O)cc1=O. The number of pyridine rings is 1. The van der Waals surface area contributed by atoms with Crippen LogP contribution in [0.1, 0.15) is 30.6 Å². The van der Waals surface area contributed by atoms with Crippen LogP contribution in [0.3, 0.4) is 0 Å². The van der Waals surface area contributed by atoms with E-state index in [0.717, 1.165) is 16.9 Å². The zero-order chi connectivity index (χ0) is 17.8. The highest BCUT2D eigenvalue weighted by Gasteiger charge is 2.38. The summed E-state index contributed by atoms with van der Waals surface area (Å²) >= 11 is 0. The van der Waals surface area contributed by atoms with E-state index in [1.54, 1.807) is 12.1 Å². The van der Waals surface area contributed by atoms with Gasteiger partial charge >= 0.3 is 6.03 Å². The molecule has 1 saturated heterocycles. The Kier molecular flexibility index (Phi) is 4.83.